The number of aliphatic imine (C=N–C) groups is 1. The second kappa shape index (κ2) is 7.50. The number of amides is 1. The van der Waals surface area contributed by atoms with E-state index in [9.17, 15) is 9.59 Å². The Morgan fingerprint density at radius 1 is 1.29 bits per heavy atom. The lowest BCUT2D eigenvalue weighted by molar-refractivity contribution is -0.137. The van der Waals surface area contributed by atoms with Crippen LogP contribution in [0.25, 0.3) is 0 Å². The molecule has 7 nitrogen and oxygen atoms in total. The lowest BCUT2D eigenvalue weighted by atomic mass is 9.92. The maximum absolute atomic E-state index is 13.3. The maximum atomic E-state index is 13.3. The number of aliphatic carboxylic acids is 1. The molecule has 3 unspecified atom stereocenters. The van der Waals surface area contributed by atoms with Gasteiger partial charge in [0, 0.05) is 24.7 Å². The van der Waals surface area contributed by atoms with Gasteiger partial charge in [-0.15, -0.1) is 0 Å². The third-order valence-electron chi connectivity index (χ3n) is 5.24. The molecule has 2 heterocycles. The summed E-state index contributed by atoms with van der Waals surface area (Å²) in [5.41, 5.74) is 2.09. The minimum absolute atomic E-state index is 0.00632. The SMILES string of the molecule is COC1=CC2C(=O)N3c4ccccc4CC3C=NC2C=C1OCCCC(=O)O. The van der Waals surface area contributed by atoms with Crippen LogP contribution in [0, 0.1) is 5.92 Å². The van der Waals surface area contributed by atoms with E-state index in [0.29, 0.717) is 17.9 Å². The predicted octanol–water partition coefficient (Wildman–Crippen LogP) is 2.32. The quantitative estimate of drug-likeness (QED) is 0.763. The summed E-state index contributed by atoms with van der Waals surface area (Å²) in [5, 5.41) is 8.74. The van der Waals surface area contributed by atoms with E-state index in [4.69, 9.17) is 14.6 Å². The number of fused-ring (bicyclic) bond motifs is 4. The molecular weight excluding hydrogens is 360 g/mol. The fourth-order valence-corrected chi connectivity index (χ4v) is 3.91. The van der Waals surface area contributed by atoms with Crippen molar-refractivity contribution >= 4 is 23.8 Å². The van der Waals surface area contributed by atoms with Gasteiger partial charge in [-0.1, -0.05) is 18.2 Å². The molecule has 3 aliphatic rings. The van der Waals surface area contributed by atoms with E-state index in [1.54, 1.807) is 12.2 Å². The molecule has 0 spiro atoms. The van der Waals surface area contributed by atoms with Crippen molar-refractivity contribution in [2.75, 3.05) is 18.6 Å². The molecule has 0 aromatic heterocycles. The number of carboxylic acids is 1. The number of carboxylic acid groups (broad SMARTS) is 1. The van der Waals surface area contributed by atoms with Crippen molar-refractivity contribution in [1.82, 2.24) is 0 Å². The highest BCUT2D eigenvalue weighted by atomic mass is 16.5. The van der Waals surface area contributed by atoms with E-state index in [0.717, 1.165) is 17.7 Å². The van der Waals surface area contributed by atoms with Crippen LogP contribution in [-0.4, -0.2) is 49.0 Å². The molecule has 0 fully saturated rings. The first-order chi connectivity index (χ1) is 13.6. The summed E-state index contributed by atoms with van der Waals surface area (Å²) in [5.74, 6) is -0.349. The fourth-order valence-electron chi connectivity index (χ4n) is 3.91. The summed E-state index contributed by atoms with van der Waals surface area (Å²) in [4.78, 5) is 30.5. The summed E-state index contributed by atoms with van der Waals surface area (Å²) in [6, 6.07) is 7.49. The maximum Gasteiger partial charge on any atom is 0.303 e. The second-order valence-corrected chi connectivity index (χ2v) is 7.03. The van der Waals surface area contributed by atoms with Crippen LogP contribution < -0.4 is 4.90 Å². The molecule has 0 bridgehead atoms. The Morgan fingerprint density at radius 2 is 2.11 bits per heavy atom. The van der Waals surface area contributed by atoms with E-state index < -0.39 is 11.9 Å². The third-order valence-corrected chi connectivity index (χ3v) is 5.24. The monoisotopic (exact) mass is 382 g/mol. The number of para-hydroxylation sites is 1. The molecular formula is C21H22N2O5. The minimum atomic E-state index is -0.858. The smallest absolute Gasteiger partial charge is 0.303 e. The van der Waals surface area contributed by atoms with Gasteiger partial charge in [-0.05, 0) is 30.2 Å². The Labute approximate surface area is 163 Å². The highest BCUT2D eigenvalue weighted by Gasteiger charge is 2.42. The highest BCUT2D eigenvalue weighted by Crippen LogP contribution is 2.37. The topological polar surface area (TPSA) is 88.4 Å². The van der Waals surface area contributed by atoms with Gasteiger partial charge in [0.15, 0.2) is 11.5 Å². The van der Waals surface area contributed by atoms with Gasteiger partial charge in [0.25, 0.3) is 0 Å². The van der Waals surface area contributed by atoms with Crippen LogP contribution in [0.4, 0.5) is 5.69 Å². The molecule has 28 heavy (non-hydrogen) atoms. The van der Waals surface area contributed by atoms with Crippen LogP contribution in [0.1, 0.15) is 18.4 Å². The van der Waals surface area contributed by atoms with Gasteiger partial charge in [0.05, 0.1) is 31.7 Å². The molecule has 146 valence electrons. The zero-order chi connectivity index (χ0) is 19.7. The average molecular weight is 382 g/mol. The molecule has 7 heteroatoms. The van der Waals surface area contributed by atoms with Crippen molar-refractivity contribution in [3.63, 3.8) is 0 Å². The number of methoxy groups -OCH3 is 1. The summed E-state index contributed by atoms with van der Waals surface area (Å²) in [6.45, 7) is 0.260. The van der Waals surface area contributed by atoms with Crippen molar-refractivity contribution in [3.8, 4) is 0 Å². The van der Waals surface area contributed by atoms with Crippen LogP contribution >= 0.6 is 0 Å². The lowest BCUT2D eigenvalue weighted by Crippen LogP contribution is -2.42. The zero-order valence-corrected chi connectivity index (χ0v) is 15.6. The van der Waals surface area contributed by atoms with Gasteiger partial charge in [0.1, 0.15) is 0 Å². The first-order valence-electron chi connectivity index (χ1n) is 9.35. The Bertz CT molecular complexity index is 889. The number of carbonyl (C=O) groups excluding carboxylic acids is 1. The molecule has 4 rings (SSSR count). The standard InChI is InChI=1S/C21H22N2O5/c1-27-18-10-15-16(11-19(18)28-8-4-7-20(24)25)22-12-14-9-13-5-2-3-6-17(13)23(14)21(15)26/h2-3,5-6,10-12,14-16H,4,7-9H2,1H3,(H,24,25). The van der Waals surface area contributed by atoms with E-state index >= 15 is 0 Å². The number of rotatable bonds is 6. The van der Waals surface area contributed by atoms with Crippen molar-refractivity contribution in [3.05, 3.63) is 53.5 Å². The number of hydrogen-bond donors (Lipinski definition) is 1. The normalized spacial score (nSPS) is 25.1. The van der Waals surface area contributed by atoms with Crippen molar-refractivity contribution < 1.29 is 24.2 Å². The Morgan fingerprint density at radius 3 is 2.89 bits per heavy atom. The predicted molar refractivity (Wildman–Crippen MR) is 103 cm³/mol. The van der Waals surface area contributed by atoms with Crippen molar-refractivity contribution in [2.24, 2.45) is 10.9 Å². The summed E-state index contributed by atoms with van der Waals surface area (Å²) >= 11 is 0. The number of nitrogens with zero attached hydrogens (tertiary/aromatic N) is 2. The molecule has 0 saturated carbocycles. The number of ether oxygens (including phenoxy) is 2. The number of benzene rings is 1. The molecule has 1 N–H and O–H groups in total. The van der Waals surface area contributed by atoms with E-state index in [2.05, 4.69) is 4.99 Å². The average Bonchev–Trinajstić information content (AvgIpc) is 3.01. The van der Waals surface area contributed by atoms with Crippen LogP contribution in [-0.2, 0) is 25.5 Å². The molecule has 1 amide bonds. The molecule has 3 atom stereocenters. The number of carbonyl (C=O) groups is 2. The molecule has 1 aromatic carbocycles. The van der Waals surface area contributed by atoms with Gasteiger partial charge < -0.3 is 19.5 Å². The van der Waals surface area contributed by atoms with Gasteiger partial charge in [-0.25, -0.2) is 0 Å². The fraction of sp³-hybridized carbons (Fsp3) is 0.381. The van der Waals surface area contributed by atoms with Crippen LogP contribution in [0.5, 0.6) is 0 Å². The molecule has 1 aliphatic carbocycles. The zero-order valence-electron chi connectivity index (χ0n) is 15.6. The summed E-state index contributed by atoms with van der Waals surface area (Å²) in [7, 11) is 1.53. The lowest BCUT2D eigenvalue weighted by Gasteiger charge is -2.28. The van der Waals surface area contributed by atoms with Crippen molar-refractivity contribution in [2.45, 2.75) is 31.3 Å². The Balaban J connectivity index is 1.57. The van der Waals surface area contributed by atoms with Gasteiger partial charge in [-0.3, -0.25) is 14.6 Å². The van der Waals surface area contributed by atoms with Gasteiger partial charge >= 0.3 is 5.97 Å². The number of anilines is 1. The van der Waals surface area contributed by atoms with Crippen LogP contribution in [0.15, 0.2) is 52.9 Å². The highest BCUT2D eigenvalue weighted by molar-refractivity contribution is 6.04. The molecule has 0 radical (unpaired) electrons. The Kier molecular flexibility index (Phi) is 4.90. The first kappa shape index (κ1) is 18.3. The minimum Gasteiger partial charge on any atom is -0.493 e. The molecule has 2 aliphatic heterocycles. The molecule has 1 aromatic rings. The largest absolute Gasteiger partial charge is 0.493 e. The molecule has 0 saturated heterocycles. The number of hydrogen-bond acceptors (Lipinski definition) is 5. The van der Waals surface area contributed by atoms with Crippen molar-refractivity contribution in [1.29, 1.82) is 0 Å². The first-order valence-corrected chi connectivity index (χ1v) is 9.35. The second-order valence-electron chi connectivity index (χ2n) is 7.03. The van der Waals surface area contributed by atoms with Gasteiger partial charge in [-0.2, -0.15) is 0 Å². The summed E-state index contributed by atoms with van der Waals surface area (Å²) < 4.78 is 11.1. The van der Waals surface area contributed by atoms with Gasteiger partial charge in [0.2, 0.25) is 5.91 Å². The van der Waals surface area contributed by atoms with E-state index in [1.165, 1.54) is 7.11 Å². The van der Waals surface area contributed by atoms with Crippen LogP contribution in [0.2, 0.25) is 0 Å². The third kappa shape index (κ3) is 3.28. The summed E-state index contributed by atoms with van der Waals surface area (Å²) in [6.07, 6.45) is 6.61. The van der Waals surface area contributed by atoms with E-state index in [1.807, 2.05) is 35.4 Å². The van der Waals surface area contributed by atoms with E-state index in [-0.39, 0.29) is 31.0 Å². The van der Waals surface area contributed by atoms with Crippen LogP contribution in [0.3, 0.4) is 0 Å². The Hall–Kier alpha value is -3.09.